The molecule has 0 spiro atoms. The molecule has 0 saturated carbocycles. The molecule has 1 aliphatic rings. The SMILES string of the molecule is CCCOC(=O)C1CCN(C(=O)c2cc(F)cc(C(F)(F)F)c2)CC1. The van der Waals surface area contributed by atoms with Crippen LogP contribution in [0.2, 0.25) is 0 Å². The minimum Gasteiger partial charge on any atom is -0.465 e. The zero-order valence-electron chi connectivity index (χ0n) is 13.7. The van der Waals surface area contributed by atoms with E-state index < -0.39 is 23.5 Å². The predicted molar refractivity (Wildman–Crippen MR) is 81.3 cm³/mol. The topological polar surface area (TPSA) is 46.6 Å². The highest BCUT2D eigenvalue weighted by atomic mass is 19.4. The van der Waals surface area contributed by atoms with Crippen LogP contribution in [0.4, 0.5) is 17.6 Å². The quantitative estimate of drug-likeness (QED) is 0.608. The monoisotopic (exact) mass is 361 g/mol. The van der Waals surface area contributed by atoms with Gasteiger partial charge in [0.25, 0.3) is 5.91 Å². The molecule has 1 amide bonds. The number of carbonyl (C=O) groups excluding carboxylic acids is 2. The third kappa shape index (κ3) is 4.93. The second kappa shape index (κ2) is 7.84. The van der Waals surface area contributed by atoms with Crippen LogP contribution in [0.5, 0.6) is 0 Å². The van der Waals surface area contributed by atoms with E-state index in [2.05, 4.69) is 0 Å². The van der Waals surface area contributed by atoms with Crippen molar-refractivity contribution in [2.24, 2.45) is 5.92 Å². The zero-order chi connectivity index (χ0) is 18.6. The van der Waals surface area contributed by atoms with E-state index in [1.165, 1.54) is 4.90 Å². The van der Waals surface area contributed by atoms with Crippen LogP contribution in [0.1, 0.15) is 42.1 Å². The van der Waals surface area contributed by atoms with E-state index in [1.54, 1.807) is 0 Å². The van der Waals surface area contributed by atoms with Gasteiger partial charge in [-0.15, -0.1) is 0 Å². The maximum absolute atomic E-state index is 13.4. The molecule has 1 fully saturated rings. The first-order chi connectivity index (χ1) is 11.7. The Labute approximate surface area is 142 Å². The first kappa shape index (κ1) is 19.2. The number of carbonyl (C=O) groups is 2. The number of nitrogens with zero attached hydrogens (tertiary/aromatic N) is 1. The third-order valence-corrected chi connectivity index (χ3v) is 4.04. The van der Waals surface area contributed by atoms with E-state index in [0.717, 1.165) is 6.07 Å². The molecule has 0 unspecified atom stereocenters. The van der Waals surface area contributed by atoms with Crippen LogP contribution < -0.4 is 0 Å². The number of hydrogen-bond donors (Lipinski definition) is 0. The van der Waals surface area contributed by atoms with Gasteiger partial charge in [0.05, 0.1) is 18.1 Å². The Hall–Kier alpha value is -2.12. The number of amides is 1. The molecule has 1 heterocycles. The number of rotatable bonds is 4. The van der Waals surface area contributed by atoms with E-state index in [1.807, 2.05) is 6.92 Å². The summed E-state index contributed by atoms with van der Waals surface area (Å²) in [5.41, 5.74) is -1.55. The Morgan fingerprint density at radius 3 is 2.40 bits per heavy atom. The summed E-state index contributed by atoms with van der Waals surface area (Å²) >= 11 is 0. The van der Waals surface area contributed by atoms with Gasteiger partial charge in [-0.2, -0.15) is 13.2 Å². The summed E-state index contributed by atoms with van der Waals surface area (Å²) < 4.78 is 56.8. The van der Waals surface area contributed by atoms with Gasteiger partial charge in [-0.1, -0.05) is 6.92 Å². The molecule has 0 bridgehead atoms. The minimum atomic E-state index is -4.73. The van der Waals surface area contributed by atoms with Gasteiger partial charge in [0.15, 0.2) is 0 Å². The summed E-state index contributed by atoms with van der Waals surface area (Å²) in [5.74, 6) is -2.44. The van der Waals surface area contributed by atoms with Crippen molar-refractivity contribution < 1.29 is 31.9 Å². The number of benzene rings is 1. The van der Waals surface area contributed by atoms with Crippen LogP contribution in [0.15, 0.2) is 18.2 Å². The van der Waals surface area contributed by atoms with Crippen molar-refractivity contribution in [3.8, 4) is 0 Å². The molecule has 25 heavy (non-hydrogen) atoms. The molecular formula is C17H19F4NO3. The van der Waals surface area contributed by atoms with Gasteiger partial charge >= 0.3 is 12.1 Å². The molecule has 1 aromatic carbocycles. The molecule has 1 saturated heterocycles. The van der Waals surface area contributed by atoms with Crippen molar-refractivity contribution in [1.29, 1.82) is 0 Å². The molecule has 4 nitrogen and oxygen atoms in total. The van der Waals surface area contributed by atoms with Gasteiger partial charge in [-0.25, -0.2) is 4.39 Å². The number of alkyl halides is 3. The molecule has 0 radical (unpaired) electrons. The average Bonchev–Trinajstić information content (AvgIpc) is 2.57. The maximum Gasteiger partial charge on any atom is 0.416 e. The lowest BCUT2D eigenvalue weighted by Crippen LogP contribution is -2.40. The third-order valence-electron chi connectivity index (χ3n) is 4.04. The first-order valence-electron chi connectivity index (χ1n) is 8.06. The molecule has 1 aromatic rings. The Morgan fingerprint density at radius 2 is 1.84 bits per heavy atom. The molecule has 0 aromatic heterocycles. The number of piperidine rings is 1. The lowest BCUT2D eigenvalue weighted by Gasteiger charge is -2.31. The second-order valence-electron chi connectivity index (χ2n) is 5.96. The van der Waals surface area contributed by atoms with Crippen LogP contribution in [0.3, 0.4) is 0 Å². The number of hydrogen-bond acceptors (Lipinski definition) is 3. The first-order valence-corrected chi connectivity index (χ1v) is 8.06. The molecule has 138 valence electrons. The lowest BCUT2D eigenvalue weighted by molar-refractivity contribution is -0.150. The summed E-state index contributed by atoms with van der Waals surface area (Å²) in [4.78, 5) is 25.5. The summed E-state index contributed by atoms with van der Waals surface area (Å²) in [6.07, 6.45) is -3.27. The fourth-order valence-electron chi connectivity index (χ4n) is 2.70. The van der Waals surface area contributed by atoms with E-state index >= 15 is 0 Å². The molecule has 0 N–H and O–H groups in total. The fourth-order valence-corrected chi connectivity index (χ4v) is 2.70. The molecule has 8 heteroatoms. The Balaban J connectivity index is 2.03. The second-order valence-corrected chi connectivity index (χ2v) is 5.96. The molecule has 0 aliphatic carbocycles. The largest absolute Gasteiger partial charge is 0.465 e. The molecule has 1 aliphatic heterocycles. The van der Waals surface area contributed by atoms with Crippen LogP contribution in [-0.4, -0.2) is 36.5 Å². The Morgan fingerprint density at radius 1 is 1.20 bits per heavy atom. The zero-order valence-corrected chi connectivity index (χ0v) is 13.7. The van der Waals surface area contributed by atoms with Gasteiger partial charge in [0.2, 0.25) is 0 Å². The average molecular weight is 361 g/mol. The van der Waals surface area contributed by atoms with E-state index in [4.69, 9.17) is 4.74 Å². The fraction of sp³-hybridized carbons (Fsp3) is 0.529. The van der Waals surface area contributed by atoms with E-state index in [9.17, 15) is 27.2 Å². The van der Waals surface area contributed by atoms with Crippen LogP contribution in [0, 0.1) is 11.7 Å². The summed E-state index contributed by atoms with van der Waals surface area (Å²) in [6.45, 7) is 2.63. The van der Waals surface area contributed by atoms with Crippen LogP contribution in [-0.2, 0) is 15.7 Å². The van der Waals surface area contributed by atoms with Crippen LogP contribution >= 0.6 is 0 Å². The summed E-state index contributed by atoms with van der Waals surface area (Å²) in [5, 5.41) is 0. The van der Waals surface area contributed by atoms with Crippen molar-refractivity contribution in [3.63, 3.8) is 0 Å². The van der Waals surface area contributed by atoms with Crippen molar-refractivity contribution in [1.82, 2.24) is 4.90 Å². The number of esters is 1. The Bertz CT molecular complexity index is 637. The van der Waals surface area contributed by atoms with Gasteiger partial charge < -0.3 is 9.64 Å². The van der Waals surface area contributed by atoms with Crippen molar-refractivity contribution in [3.05, 3.63) is 35.1 Å². The van der Waals surface area contributed by atoms with Crippen molar-refractivity contribution in [2.45, 2.75) is 32.4 Å². The predicted octanol–water partition coefficient (Wildman–Crippen LogP) is 3.65. The molecule has 0 atom stereocenters. The highest BCUT2D eigenvalue weighted by Crippen LogP contribution is 2.31. The smallest absolute Gasteiger partial charge is 0.416 e. The molecular weight excluding hydrogens is 342 g/mol. The molecule has 2 rings (SSSR count). The van der Waals surface area contributed by atoms with Gasteiger partial charge in [-0.05, 0) is 37.5 Å². The van der Waals surface area contributed by atoms with Crippen molar-refractivity contribution in [2.75, 3.05) is 19.7 Å². The van der Waals surface area contributed by atoms with Crippen molar-refractivity contribution >= 4 is 11.9 Å². The van der Waals surface area contributed by atoms with Crippen LogP contribution in [0.25, 0.3) is 0 Å². The number of halogens is 4. The normalized spacial score (nSPS) is 16.0. The summed E-state index contributed by atoms with van der Waals surface area (Å²) in [7, 11) is 0. The standard InChI is InChI=1S/C17H19F4NO3/c1-2-7-25-16(24)11-3-5-22(6-4-11)15(23)12-8-13(17(19,20)21)10-14(18)9-12/h8-11H,2-7H2,1H3. The van der Waals surface area contributed by atoms with E-state index in [0.29, 0.717) is 38.0 Å². The summed E-state index contributed by atoms with van der Waals surface area (Å²) in [6, 6.07) is 1.79. The number of ether oxygens (including phenoxy) is 1. The van der Waals surface area contributed by atoms with Gasteiger partial charge in [0, 0.05) is 18.7 Å². The van der Waals surface area contributed by atoms with Gasteiger partial charge in [0.1, 0.15) is 5.82 Å². The number of likely N-dealkylation sites (tertiary alicyclic amines) is 1. The highest BCUT2D eigenvalue weighted by Gasteiger charge is 2.33. The maximum atomic E-state index is 13.4. The lowest BCUT2D eigenvalue weighted by atomic mass is 9.96. The highest BCUT2D eigenvalue weighted by molar-refractivity contribution is 5.94. The Kier molecular flexibility index (Phi) is 6.02. The van der Waals surface area contributed by atoms with Gasteiger partial charge in [-0.3, -0.25) is 9.59 Å². The van der Waals surface area contributed by atoms with E-state index in [-0.39, 0.29) is 30.5 Å². The minimum absolute atomic E-state index is 0.211.